The van der Waals surface area contributed by atoms with E-state index in [0.717, 1.165) is 6.42 Å². The first-order chi connectivity index (χ1) is 12.0. The van der Waals surface area contributed by atoms with E-state index in [2.05, 4.69) is 19.2 Å². The van der Waals surface area contributed by atoms with Crippen molar-refractivity contribution in [2.75, 3.05) is 18.2 Å². The number of thioether (sulfide) groups is 1. The smallest absolute Gasteiger partial charge is 0.265 e. The molecule has 1 saturated heterocycles. The highest BCUT2D eigenvalue weighted by atomic mass is 32.2. The molecule has 0 aliphatic carbocycles. The molecule has 2 aliphatic rings. The Bertz CT molecular complexity index is 668. The summed E-state index contributed by atoms with van der Waals surface area (Å²) in [4.78, 5) is 26.8. The molecule has 25 heavy (non-hydrogen) atoms. The molecule has 2 aliphatic heterocycles. The van der Waals surface area contributed by atoms with Gasteiger partial charge in [-0.25, -0.2) is 4.39 Å². The molecule has 2 heterocycles. The third kappa shape index (κ3) is 3.92. The number of halogens is 1. The molecule has 3 rings (SSSR count). The Morgan fingerprint density at radius 3 is 2.96 bits per heavy atom. The molecule has 1 N–H and O–H groups in total. The van der Waals surface area contributed by atoms with E-state index in [-0.39, 0.29) is 17.6 Å². The SMILES string of the molecule is CC(C)CCNC(=O)[C@H]1CSCN1C(=O)[C@H]1Cc2cccc(F)c2O1. The molecule has 2 amide bonds. The zero-order valence-corrected chi connectivity index (χ0v) is 15.3. The molecule has 0 unspecified atom stereocenters. The lowest BCUT2D eigenvalue weighted by atomic mass is 10.1. The summed E-state index contributed by atoms with van der Waals surface area (Å²) >= 11 is 1.55. The van der Waals surface area contributed by atoms with Crippen LogP contribution in [0.4, 0.5) is 4.39 Å². The van der Waals surface area contributed by atoms with Crippen molar-refractivity contribution >= 4 is 23.6 Å². The normalized spacial score (nSPS) is 22.0. The van der Waals surface area contributed by atoms with Crippen molar-refractivity contribution in [3.05, 3.63) is 29.6 Å². The number of ether oxygens (including phenoxy) is 1. The molecule has 0 aromatic heterocycles. The number of amides is 2. The van der Waals surface area contributed by atoms with Gasteiger partial charge < -0.3 is 15.0 Å². The van der Waals surface area contributed by atoms with Gasteiger partial charge in [0.15, 0.2) is 17.7 Å². The second kappa shape index (κ2) is 7.64. The van der Waals surface area contributed by atoms with E-state index in [9.17, 15) is 14.0 Å². The molecular formula is C18H23FN2O3S. The third-order valence-electron chi connectivity index (χ3n) is 4.48. The summed E-state index contributed by atoms with van der Waals surface area (Å²) in [7, 11) is 0. The Morgan fingerprint density at radius 2 is 2.24 bits per heavy atom. The van der Waals surface area contributed by atoms with Crippen LogP contribution >= 0.6 is 11.8 Å². The van der Waals surface area contributed by atoms with Gasteiger partial charge >= 0.3 is 0 Å². The van der Waals surface area contributed by atoms with E-state index in [1.54, 1.807) is 28.8 Å². The zero-order valence-electron chi connectivity index (χ0n) is 14.5. The molecule has 1 aromatic rings. The largest absolute Gasteiger partial charge is 0.477 e. The number of nitrogens with one attached hydrogen (secondary N) is 1. The predicted molar refractivity (Wildman–Crippen MR) is 94.9 cm³/mol. The van der Waals surface area contributed by atoms with Crippen LogP contribution < -0.4 is 10.1 Å². The molecule has 7 heteroatoms. The van der Waals surface area contributed by atoms with Crippen LogP contribution in [0.15, 0.2) is 18.2 Å². The van der Waals surface area contributed by atoms with Crippen molar-refractivity contribution in [1.82, 2.24) is 10.2 Å². The summed E-state index contributed by atoms with van der Waals surface area (Å²) in [5, 5.41) is 2.91. The van der Waals surface area contributed by atoms with Gasteiger partial charge in [0.25, 0.3) is 5.91 Å². The van der Waals surface area contributed by atoms with Gasteiger partial charge in [0.2, 0.25) is 5.91 Å². The topological polar surface area (TPSA) is 58.6 Å². The highest BCUT2D eigenvalue weighted by molar-refractivity contribution is 7.99. The van der Waals surface area contributed by atoms with E-state index >= 15 is 0 Å². The number of hydrogen-bond donors (Lipinski definition) is 1. The highest BCUT2D eigenvalue weighted by Crippen LogP contribution is 2.33. The van der Waals surface area contributed by atoms with E-state index in [0.29, 0.717) is 36.1 Å². The first kappa shape index (κ1) is 18.0. The van der Waals surface area contributed by atoms with Crippen molar-refractivity contribution in [3.8, 4) is 5.75 Å². The summed E-state index contributed by atoms with van der Waals surface area (Å²) in [5.41, 5.74) is 0.697. The van der Waals surface area contributed by atoms with E-state index in [1.807, 2.05) is 0 Å². The minimum Gasteiger partial charge on any atom is -0.477 e. The van der Waals surface area contributed by atoms with Crippen molar-refractivity contribution in [3.63, 3.8) is 0 Å². The Kier molecular flexibility index (Phi) is 5.51. The molecule has 0 bridgehead atoms. The Labute approximate surface area is 151 Å². The Hall–Kier alpha value is -1.76. The standard InChI is InChI=1S/C18H23FN2O3S/c1-11(2)6-7-20-17(22)14-9-25-10-21(14)18(23)15-8-12-4-3-5-13(19)16(12)24-15/h3-5,11,14-15H,6-10H2,1-2H3,(H,20,22)/t14-,15-/m1/s1. The number of carbonyl (C=O) groups excluding carboxylic acids is 2. The number of nitrogens with zero attached hydrogens (tertiary/aromatic N) is 1. The van der Waals surface area contributed by atoms with Crippen LogP contribution in [0.5, 0.6) is 5.75 Å². The third-order valence-corrected chi connectivity index (χ3v) is 5.49. The van der Waals surface area contributed by atoms with Gasteiger partial charge in [0, 0.05) is 24.3 Å². The van der Waals surface area contributed by atoms with Crippen LogP contribution in [0.1, 0.15) is 25.8 Å². The number of rotatable bonds is 5. The van der Waals surface area contributed by atoms with E-state index in [1.165, 1.54) is 6.07 Å². The molecular weight excluding hydrogens is 343 g/mol. The second-order valence-corrected chi connectivity index (χ2v) is 7.84. The van der Waals surface area contributed by atoms with Crippen LogP contribution in [0, 0.1) is 11.7 Å². The fourth-order valence-corrected chi connectivity index (χ4v) is 4.20. The van der Waals surface area contributed by atoms with Crippen molar-refractivity contribution < 1.29 is 18.7 Å². The monoisotopic (exact) mass is 366 g/mol. The Morgan fingerprint density at radius 1 is 1.44 bits per heavy atom. The average Bonchev–Trinajstić information content (AvgIpc) is 3.21. The van der Waals surface area contributed by atoms with Crippen LogP contribution in [0.25, 0.3) is 0 Å². The fourth-order valence-electron chi connectivity index (χ4n) is 3.03. The molecule has 2 atom stereocenters. The maximum Gasteiger partial charge on any atom is 0.265 e. The maximum atomic E-state index is 13.8. The van der Waals surface area contributed by atoms with Gasteiger partial charge in [-0.15, -0.1) is 11.8 Å². The van der Waals surface area contributed by atoms with Gasteiger partial charge in [0.1, 0.15) is 6.04 Å². The van der Waals surface area contributed by atoms with Gasteiger partial charge in [-0.2, -0.15) is 0 Å². The number of hydrogen-bond acceptors (Lipinski definition) is 4. The van der Waals surface area contributed by atoms with Gasteiger partial charge in [0.05, 0.1) is 5.88 Å². The minimum atomic E-state index is -0.753. The van der Waals surface area contributed by atoms with Crippen molar-refractivity contribution in [2.24, 2.45) is 5.92 Å². The molecule has 0 spiro atoms. The van der Waals surface area contributed by atoms with Gasteiger partial charge in [-0.05, 0) is 18.4 Å². The number of benzene rings is 1. The number of para-hydroxylation sites is 1. The summed E-state index contributed by atoms with van der Waals surface area (Å²) in [6, 6.07) is 4.21. The van der Waals surface area contributed by atoms with Gasteiger partial charge in [-0.3, -0.25) is 9.59 Å². The summed E-state index contributed by atoms with van der Waals surface area (Å²) in [6.45, 7) is 4.81. The number of fused-ring (bicyclic) bond motifs is 1. The maximum absolute atomic E-state index is 13.8. The average molecular weight is 366 g/mol. The zero-order chi connectivity index (χ0) is 18.0. The first-order valence-electron chi connectivity index (χ1n) is 8.57. The predicted octanol–water partition coefficient (Wildman–Crippen LogP) is 2.19. The molecule has 5 nitrogen and oxygen atoms in total. The molecule has 136 valence electrons. The first-order valence-corrected chi connectivity index (χ1v) is 9.73. The summed E-state index contributed by atoms with van der Waals surface area (Å²) < 4.78 is 19.3. The van der Waals surface area contributed by atoms with Crippen LogP contribution in [0.2, 0.25) is 0 Å². The van der Waals surface area contributed by atoms with Crippen LogP contribution in [0.3, 0.4) is 0 Å². The summed E-state index contributed by atoms with van der Waals surface area (Å²) in [6.07, 6.45) is 0.492. The molecule has 1 fully saturated rings. The minimum absolute atomic E-state index is 0.124. The van der Waals surface area contributed by atoms with Gasteiger partial charge in [-0.1, -0.05) is 26.0 Å². The Balaban J connectivity index is 1.62. The van der Waals surface area contributed by atoms with E-state index < -0.39 is 18.0 Å². The molecule has 1 aromatic carbocycles. The van der Waals surface area contributed by atoms with Crippen molar-refractivity contribution in [1.29, 1.82) is 0 Å². The molecule has 0 radical (unpaired) electrons. The van der Waals surface area contributed by atoms with Crippen LogP contribution in [-0.4, -0.2) is 47.0 Å². The summed E-state index contributed by atoms with van der Waals surface area (Å²) in [5.74, 6) is 0.881. The molecule has 0 saturated carbocycles. The lowest BCUT2D eigenvalue weighted by Crippen LogP contribution is -2.51. The van der Waals surface area contributed by atoms with Crippen LogP contribution in [-0.2, 0) is 16.0 Å². The lowest BCUT2D eigenvalue weighted by Gasteiger charge is -2.25. The quantitative estimate of drug-likeness (QED) is 0.868. The van der Waals surface area contributed by atoms with E-state index in [4.69, 9.17) is 4.74 Å². The highest BCUT2D eigenvalue weighted by Gasteiger charge is 2.41. The lowest BCUT2D eigenvalue weighted by molar-refractivity contribution is -0.143. The second-order valence-electron chi connectivity index (χ2n) is 6.84. The fraction of sp³-hybridized carbons (Fsp3) is 0.556. The number of carbonyl (C=O) groups is 2. The van der Waals surface area contributed by atoms with Crippen molar-refractivity contribution in [2.45, 2.75) is 38.8 Å².